The maximum Gasteiger partial charge on any atom is 0.266 e. The largest absolute Gasteiger partial charge is 0.385 e. The lowest BCUT2D eigenvalue weighted by Gasteiger charge is -2.16. The quantitative estimate of drug-likeness (QED) is 0.766. The molecular formula is C11H16IN3O2. The maximum atomic E-state index is 11.4. The van der Waals surface area contributed by atoms with Crippen LogP contribution < -0.4 is 10.9 Å². The summed E-state index contributed by atoms with van der Waals surface area (Å²) in [6, 6.07) is 0. The Kier molecular flexibility index (Phi) is 4.03. The Hall–Kier alpha value is -0.630. The monoisotopic (exact) mass is 349 g/mol. The summed E-state index contributed by atoms with van der Waals surface area (Å²) in [4.78, 5) is 18.1. The van der Waals surface area contributed by atoms with E-state index in [1.54, 1.807) is 7.11 Å². The predicted molar refractivity (Wildman–Crippen MR) is 74.2 cm³/mol. The van der Waals surface area contributed by atoms with Crippen LogP contribution in [0.4, 0.5) is 5.82 Å². The van der Waals surface area contributed by atoms with Gasteiger partial charge < -0.3 is 15.0 Å². The highest BCUT2D eigenvalue weighted by Gasteiger charge is 2.41. The van der Waals surface area contributed by atoms with E-state index in [0.29, 0.717) is 14.8 Å². The number of anilines is 1. The van der Waals surface area contributed by atoms with Crippen molar-refractivity contribution in [3.8, 4) is 0 Å². The van der Waals surface area contributed by atoms with Crippen molar-refractivity contribution in [2.45, 2.75) is 19.3 Å². The Morgan fingerprint density at radius 3 is 3.06 bits per heavy atom. The lowest BCUT2D eigenvalue weighted by Crippen LogP contribution is -2.21. The van der Waals surface area contributed by atoms with E-state index in [-0.39, 0.29) is 5.56 Å². The number of aromatic nitrogens is 2. The topological polar surface area (TPSA) is 67.0 Å². The molecule has 1 saturated carbocycles. The van der Waals surface area contributed by atoms with Crippen molar-refractivity contribution >= 4 is 28.4 Å². The first-order valence-electron chi connectivity index (χ1n) is 5.63. The van der Waals surface area contributed by atoms with Crippen molar-refractivity contribution < 1.29 is 4.74 Å². The van der Waals surface area contributed by atoms with E-state index in [9.17, 15) is 4.79 Å². The molecule has 0 aliphatic heterocycles. The Morgan fingerprint density at radius 1 is 1.65 bits per heavy atom. The molecule has 17 heavy (non-hydrogen) atoms. The van der Waals surface area contributed by atoms with Gasteiger partial charge in [0.2, 0.25) is 0 Å². The summed E-state index contributed by atoms with van der Waals surface area (Å²) >= 11 is 2.01. The van der Waals surface area contributed by atoms with Crippen LogP contribution in [-0.4, -0.2) is 30.2 Å². The number of aromatic amines is 1. The number of H-pyrrole nitrogens is 1. The van der Waals surface area contributed by atoms with Gasteiger partial charge >= 0.3 is 0 Å². The summed E-state index contributed by atoms with van der Waals surface area (Å²) in [5.41, 5.74) is 0.258. The fraction of sp³-hybridized carbons (Fsp3) is 0.636. The van der Waals surface area contributed by atoms with Gasteiger partial charge in [0.25, 0.3) is 5.56 Å². The lowest BCUT2D eigenvalue weighted by atomic mass is 10.0. The maximum absolute atomic E-state index is 11.4. The molecule has 0 radical (unpaired) electrons. The number of hydrogen-bond donors (Lipinski definition) is 2. The first-order valence-corrected chi connectivity index (χ1v) is 6.71. The van der Waals surface area contributed by atoms with Crippen LogP contribution in [0, 0.1) is 8.99 Å². The number of rotatable bonds is 6. The molecule has 0 atom stereocenters. The molecule has 0 saturated heterocycles. The van der Waals surface area contributed by atoms with E-state index >= 15 is 0 Å². The molecule has 0 bridgehead atoms. The lowest BCUT2D eigenvalue weighted by molar-refractivity contribution is 0.175. The molecule has 1 fully saturated rings. The Labute approximate surface area is 114 Å². The Balaban J connectivity index is 1.94. The molecule has 5 nitrogen and oxygen atoms in total. The molecule has 1 heterocycles. The molecule has 1 aliphatic rings. The summed E-state index contributed by atoms with van der Waals surface area (Å²) in [6.07, 6.45) is 4.95. The van der Waals surface area contributed by atoms with Gasteiger partial charge in [0, 0.05) is 20.3 Å². The SMILES string of the molecule is COCCC1(CNc2nc[nH]c(=O)c2I)CC1. The molecule has 2 N–H and O–H groups in total. The van der Waals surface area contributed by atoms with Crippen LogP contribution in [0.25, 0.3) is 0 Å². The highest BCUT2D eigenvalue weighted by molar-refractivity contribution is 14.1. The van der Waals surface area contributed by atoms with E-state index in [0.717, 1.165) is 19.6 Å². The molecule has 1 aliphatic carbocycles. The van der Waals surface area contributed by atoms with Gasteiger partial charge in [-0.15, -0.1) is 0 Å². The summed E-state index contributed by atoms with van der Waals surface area (Å²) in [5.74, 6) is 0.679. The minimum Gasteiger partial charge on any atom is -0.385 e. The number of hydrogen-bond acceptors (Lipinski definition) is 4. The van der Waals surface area contributed by atoms with Gasteiger partial charge in [-0.05, 0) is 47.3 Å². The minimum absolute atomic E-state index is 0.0927. The molecular weight excluding hydrogens is 333 g/mol. The van der Waals surface area contributed by atoms with Gasteiger partial charge in [0.05, 0.1) is 6.33 Å². The number of nitrogens with one attached hydrogen (secondary N) is 2. The third-order valence-electron chi connectivity index (χ3n) is 3.22. The first kappa shape index (κ1) is 12.8. The molecule has 0 aromatic carbocycles. The molecule has 0 spiro atoms. The zero-order valence-electron chi connectivity index (χ0n) is 9.75. The van der Waals surface area contributed by atoms with Gasteiger partial charge in [-0.1, -0.05) is 0 Å². The molecule has 2 rings (SSSR count). The first-order chi connectivity index (χ1) is 8.17. The summed E-state index contributed by atoms with van der Waals surface area (Å²) < 4.78 is 5.73. The fourth-order valence-corrected chi connectivity index (χ4v) is 2.27. The molecule has 1 aromatic heterocycles. The van der Waals surface area contributed by atoms with Gasteiger partial charge in [-0.25, -0.2) is 4.98 Å². The van der Waals surface area contributed by atoms with Crippen molar-refractivity contribution in [1.82, 2.24) is 9.97 Å². The van der Waals surface area contributed by atoms with Gasteiger partial charge in [-0.3, -0.25) is 4.79 Å². The second-order valence-electron chi connectivity index (χ2n) is 4.49. The minimum atomic E-state index is -0.0927. The highest BCUT2D eigenvalue weighted by atomic mass is 127. The number of ether oxygens (including phenoxy) is 1. The second-order valence-corrected chi connectivity index (χ2v) is 5.57. The molecule has 94 valence electrons. The molecule has 0 amide bonds. The zero-order valence-corrected chi connectivity index (χ0v) is 11.9. The third kappa shape index (κ3) is 3.19. The summed E-state index contributed by atoms with van der Waals surface area (Å²) in [6.45, 7) is 1.66. The highest BCUT2D eigenvalue weighted by Crippen LogP contribution is 2.48. The van der Waals surface area contributed by atoms with Crippen LogP contribution in [0.5, 0.6) is 0 Å². The van der Waals surface area contributed by atoms with Crippen LogP contribution >= 0.6 is 22.6 Å². The van der Waals surface area contributed by atoms with E-state index in [4.69, 9.17) is 4.74 Å². The van der Waals surface area contributed by atoms with E-state index in [1.807, 2.05) is 22.6 Å². The standard InChI is InChI=1S/C11H16IN3O2/c1-17-5-4-11(2-3-11)6-13-9-8(12)10(16)15-7-14-9/h7H,2-6H2,1H3,(H2,13,14,15,16). The Bertz CT molecular complexity index is 443. The van der Waals surface area contributed by atoms with Gasteiger partial charge in [0.1, 0.15) is 9.39 Å². The van der Waals surface area contributed by atoms with E-state index in [2.05, 4.69) is 15.3 Å². The number of methoxy groups -OCH3 is 1. The van der Waals surface area contributed by atoms with Crippen LogP contribution in [-0.2, 0) is 4.74 Å². The predicted octanol–water partition coefficient (Wildman–Crippen LogP) is 1.60. The van der Waals surface area contributed by atoms with Crippen molar-refractivity contribution in [3.63, 3.8) is 0 Å². The van der Waals surface area contributed by atoms with Crippen molar-refractivity contribution in [2.75, 3.05) is 25.6 Å². The van der Waals surface area contributed by atoms with Crippen molar-refractivity contribution in [3.05, 3.63) is 20.3 Å². The normalized spacial score (nSPS) is 16.8. The van der Waals surface area contributed by atoms with Crippen LogP contribution in [0.15, 0.2) is 11.1 Å². The summed E-state index contributed by atoms with van der Waals surface area (Å²) in [5, 5.41) is 3.27. The third-order valence-corrected chi connectivity index (χ3v) is 4.22. The molecule has 1 aromatic rings. The van der Waals surface area contributed by atoms with Crippen LogP contribution in [0.2, 0.25) is 0 Å². The fourth-order valence-electron chi connectivity index (χ4n) is 1.79. The summed E-state index contributed by atoms with van der Waals surface area (Å²) in [7, 11) is 1.73. The van der Waals surface area contributed by atoms with Crippen LogP contribution in [0.1, 0.15) is 19.3 Å². The second kappa shape index (κ2) is 5.34. The molecule has 0 unspecified atom stereocenters. The average molecular weight is 349 g/mol. The van der Waals surface area contributed by atoms with Gasteiger partial charge in [0.15, 0.2) is 0 Å². The Morgan fingerprint density at radius 2 is 2.41 bits per heavy atom. The van der Waals surface area contributed by atoms with Crippen molar-refractivity contribution in [1.29, 1.82) is 0 Å². The number of nitrogens with zero attached hydrogens (tertiary/aromatic N) is 1. The molecule has 6 heteroatoms. The smallest absolute Gasteiger partial charge is 0.266 e. The zero-order chi connectivity index (χ0) is 12.3. The van der Waals surface area contributed by atoms with Gasteiger partial charge in [-0.2, -0.15) is 0 Å². The van der Waals surface area contributed by atoms with Crippen molar-refractivity contribution in [2.24, 2.45) is 5.41 Å². The van der Waals surface area contributed by atoms with Crippen LogP contribution in [0.3, 0.4) is 0 Å². The number of halogens is 1. The van der Waals surface area contributed by atoms with E-state index < -0.39 is 0 Å². The van der Waals surface area contributed by atoms with E-state index in [1.165, 1.54) is 19.2 Å². The average Bonchev–Trinajstić information content (AvgIpc) is 3.09.